The number of aliphatic hydroxyl groups excluding tert-OH is 1. The van der Waals surface area contributed by atoms with E-state index in [0.717, 1.165) is 5.56 Å². The van der Waals surface area contributed by atoms with Crippen LogP contribution in [0.4, 0.5) is 13.2 Å². The topological polar surface area (TPSA) is 61.7 Å². The number of hydrogen-bond acceptors (Lipinski definition) is 4. The van der Waals surface area contributed by atoms with Gasteiger partial charge >= 0.3 is 6.36 Å². The molecule has 108 valence electrons. The molecule has 19 heavy (non-hydrogen) atoms. The summed E-state index contributed by atoms with van der Waals surface area (Å²) in [5.74, 6) is -0.279. The van der Waals surface area contributed by atoms with Crippen molar-refractivity contribution in [3.63, 3.8) is 0 Å². The van der Waals surface area contributed by atoms with Crippen molar-refractivity contribution in [2.24, 2.45) is 0 Å². The van der Waals surface area contributed by atoms with Gasteiger partial charge < -0.3 is 20.3 Å². The fraction of sp³-hybridized carbons (Fsp3) is 0.500. The molecule has 1 aromatic carbocycles. The van der Waals surface area contributed by atoms with Crippen molar-refractivity contribution in [3.05, 3.63) is 29.8 Å². The van der Waals surface area contributed by atoms with Crippen LogP contribution in [-0.4, -0.2) is 35.3 Å². The maximum Gasteiger partial charge on any atom is 0.573 e. The summed E-state index contributed by atoms with van der Waals surface area (Å²) >= 11 is 0. The highest BCUT2D eigenvalue weighted by Crippen LogP contribution is 2.22. The smallest absolute Gasteiger partial charge is 0.406 e. The first-order valence-electron chi connectivity index (χ1n) is 5.60. The molecule has 0 aliphatic heterocycles. The maximum atomic E-state index is 11.9. The Morgan fingerprint density at radius 1 is 1.21 bits per heavy atom. The molecule has 0 amide bonds. The molecule has 0 heterocycles. The van der Waals surface area contributed by atoms with E-state index in [9.17, 15) is 18.3 Å². The molecular weight excluding hydrogens is 263 g/mol. The van der Waals surface area contributed by atoms with Crippen molar-refractivity contribution in [2.75, 3.05) is 13.2 Å². The summed E-state index contributed by atoms with van der Waals surface area (Å²) in [6.07, 6.45) is -4.69. The summed E-state index contributed by atoms with van der Waals surface area (Å²) in [5, 5.41) is 21.2. The van der Waals surface area contributed by atoms with Crippen molar-refractivity contribution in [1.29, 1.82) is 0 Å². The minimum Gasteiger partial charge on any atom is -0.406 e. The number of ether oxygens (including phenoxy) is 1. The first kappa shape index (κ1) is 15.7. The van der Waals surface area contributed by atoms with E-state index >= 15 is 0 Å². The molecule has 1 unspecified atom stereocenters. The summed E-state index contributed by atoms with van der Waals surface area (Å²) in [5.41, 5.74) is -0.484. The van der Waals surface area contributed by atoms with Crippen LogP contribution in [0.25, 0.3) is 0 Å². The maximum absolute atomic E-state index is 11.9. The first-order valence-corrected chi connectivity index (χ1v) is 5.60. The van der Waals surface area contributed by atoms with E-state index < -0.39 is 12.0 Å². The Morgan fingerprint density at radius 2 is 1.79 bits per heavy atom. The third-order valence-corrected chi connectivity index (χ3v) is 2.33. The second-order valence-electron chi connectivity index (χ2n) is 4.45. The van der Waals surface area contributed by atoms with E-state index in [4.69, 9.17) is 5.11 Å². The van der Waals surface area contributed by atoms with Crippen molar-refractivity contribution >= 4 is 0 Å². The molecule has 4 nitrogen and oxygen atoms in total. The molecule has 0 radical (unpaired) electrons. The Morgan fingerprint density at radius 3 is 2.26 bits per heavy atom. The number of hydrogen-bond donors (Lipinski definition) is 3. The van der Waals surface area contributed by atoms with Crippen LogP contribution in [-0.2, 0) is 6.54 Å². The van der Waals surface area contributed by atoms with E-state index in [0.29, 0.717) is 6.54 Å². The van der Waals surface area contributed by atoms with Crippen LogP contribution in [0.5, 0.6) is 5.75 Å². The molecule has 1 aromatic rings. The number of aliphatic hydroxyl groups is 2. The molecule has 0 aromatic heterocycles. The normalized spacial score (nSPS) is 15.1. The zero-order valence-electron chi connectivity index (χ0n) is 10.4. The molecule has 1 atom stereocenters. The Labute approximate surface area is 108 Å². The van der Waals surface area contributed by atoms with Crippen LogP contribution < -0.4 is 10.1 Å². The van der Waals surface area contributed by atoms with Gasteiger partial charge in [-0.1, -0.05) is 12.1 Å². The van der Waals surface area contributed by atoms with E-state index in [2.05, 4.69) is 10.1 Å². The molecule has 0 saturated heterocycles. The average molecular weight is 279 g/mol. The zero-order valence-corrected chi connectivity index (χ0v) is 10.4. The largest absolute Gasteiger partial charge is 0.573 e. The fourth-order valence-corrected chi connectivity index (χ4v) is 1.34. The quantitative estimate of drug-likeness (QED) is 0.737. The van der Waals surface area contributed by atoms with Gasteiger partial charge in [-0.3, -0.25) is 0 Å². The zero-order chi connectivity index (χ0) is 14.5. The Balaban J connectivity index is 2.45. The van der Waals surface area contributed by atoms with Gasteiger partial charge in [-0.05, 0) is 24.6 Å². The Bertz CT molecular complexity index is 390. The van der Waals surface area contributed by atoms with E-state index in [1.807, 2.05) is 0 Å². The van der Waals surface area contributed by atoms with Gasteiger partial charge in [0.05, 0.1) is 12.2 Å². The number of rotatable bonds is 6. The van der Waals surface area contributed by atoms with Gasteiger partial charge in [0.25, 0.3) is 0 Å². The minimum atomic E-state index is -4.69. The molecule has 0 aliphatic carbocycles. The van der Waals surface area contributed by atoms with Gasteiger partial charge in [0.15, 0.2) is 0 Å². The first-order chi connectivity index (χ1) is 8.72. The van der Waals surface area contributed by atoms with Crippen LogP contribution in [0, 0.1) is 0 Å². The monoisotopic (exact) mass is 279 g/mol. The highest BCUT2D eigenvalue weighted by molar-refractivity contribution is 5.27. The Hall–Kier alpha value is -1.31. The molecule has 0 spiro atoms. The lowest BCUT2D eigenvalue weighted by molar-refractivity contribution is -0.274. The second-order valence-corrected chi connectivity index (χ2v) is 4.45. The van der Waals surface area contributed by atoms with Gasteiger partial charge in [-0.15, -0.1) is 13.2 Å². The SMILES string of the molecule is CC(O)(CO)CNCc1ccc(OC(F)(F)F)cc1. The van der Waals surface area contributed by atoms with Crippen molar-refractivity contribution < 1.29 is 28.1 Å². The average Bonchev–Trinajstić information content (AvgIpc) is 2.29. The number of alkyl halides is 3. The summed E-state index contributed by atoms with van der Waals surface area (Å²) < 4.78 is 39.5. The van der Waals surface area contributed by atoms with Gasteiger partial charge in [-0.2, -0.15) is 0 Å². The minimum absolute atomic E-state index is 0.171. The highest BCUT2D eigenvalue weighted by Gasteiger charge is 2.30. The fourth-order valence-electron chi connectivity index (χ4n) is 1.34. The van der Waals surface area contributed by atoms with Crippen LogP contribution in [0.1, 0.15) is 12.5 Å². The molecular formula is C12H16F3NO3. The van der Waals surface area contributed by atoms with Crippen LogP contribution in [0.15, 0.2) is 24.3 Å². The van der Waals surface area contributed by atoms with Crippen LogP contribution in [0.3, 0.4) is 0 Å². The van der Waals surface area contributed by atoms with E-state index in [1.165, 1.54) is 31.2 Å². The molecule has 0 fully saturated rings. The van der Waals surface area contributed by atoms with E-state index in [1.54, 1.807) is 0 Å². The number of nitrogens with one attached hydrogen (secondary N) is 1. The molecule has 0 bridgehead atoms. The number of halogens is 3. The van der Waals surface area contributed by atoms with E-state index in [-0.39, 0.29) is 18.9 Å². The molecule has 0 saturated carbocycles. The lowest BCUT2D eigenvalue weighted by Crippen LogP contribution is -2.40. The summed E-state index contributed by atoms with van der Waals surface area (Å²) in [6.45, 7) is 1.63. The molecule has 3 N–H and O–H groups in total. The second kappa shape index (κ2) is 6.23. The lowest BCUT2D eigenvalue weighted by atomic mass is 10.1. The molecule has 7 heteroatoms. The summed E-state index contributed by atoms with van der Waals surface area (Å²) in [4.78, 5) is 0. The third kappa shape index (κ3) is 6.42. The van der Waals surface area contributed by atoms with Gasteiger partial charge in [0.1, 0.15) is 5.75 Å². The number of benzene rings is 1. The Kier molecular flexibility index (Phi) is 5.16. The van der Waals surface area contributed by atoms with Gasteiger partial charge in [0, 0.05) is 13.1 Å². The summed E-state index contributed by atoms with van der Waals surface area (Å²) in [7, 11) is 0. The lowest BCUT2D eigenvalue weighted by Gasteiger charge is -2.20. The third-order valence-electron chi connectivity index (χ3n) is 2.33. The van der Waals surface area contributed by atoms with Gasteiger partial charge in [-0.25, -0.2) is 0 Å². The molecule has 1 rings (SSSR count). The predicted octanol–water partition coefficient (Wildman–Crippen LogP) is 1.42. The predicted molar refractivity (Wildman–Crippen MR) is 62.5 cm³/mol. The van der Waals surface area contributed by atoms with Crippen molar-refractivity contribution in [2.45, 2.75) is 25.4 Å². The van der Waals surface area contributed by atoms with Crippen LogP contribution >= 0.6 is 0 Å². The van der Waals surface area contributed by atoms with Crippen molar-refractivity contribution in [1.82, 2.24) is 5.32 Å². The standard InChI is InChI=1S/C12H16F3NO3/c1-11(18,8-17)7-16-6-9-2-4-10(5-3-9)19-12(13,14)15/h2-5,16-18H,6-8H2,1H3. The highest BCUT2D eigenvalue weighted by atomic mass is 19.4. The van der Waals surface area contributed by atoms with Gasteiger partial charge in [0.2, 0.25) is 0 Å². The van der Waals surface area contributed by atoms with Crippen LogP contribution in [0.2, 0.25) is 0 Å². The van der Waals surface area contributed by atoms with Crippen molar-refractivity contribution in [3.8, 4) is 5.75 Å². The summed E-state index contributed by atoms with van der Waals surface area (Å²) in [6, 6.07) is 5.41. The molecule has 0 aliphatic rings.